The molecule has 1 aromatic heterocycles. The van der Waals surface area contributed by atoms with Crippen molar-refractivity contribution in [3.63, 3.8) is 0 Å². The minimum atomic E-state index is -0.375. The summed E-state index contributed by atoms with van der Waals surface area (Å²) in [5, 5.41) is 2.83. The lowest BCUT2D eigenvalue weighted by atomic mass is 10.0. The van der Waals surface area contributed by atoms with Gasteiger partial charge in [-0.2, -0.15) is 0 Å². The van der Waals surface area contributed by atoms with Crippen molar-refractivity contribution in [2.45, 2.75) is 19.9 Å². The van der Waals surface area contributed by atoms with Gasteiger partial charge in [-0.25, -0.2) is 9.37 Å². The molecule has 2 aromatic carbocycles. The summed E-state index contributed by atoms with van der Waals surface area (Å²) in [6.07, 6.45) is 2.09. The third kappa shape index (κ3) is 4.03. The van der Waals surface area contributed by atoms with E-state index in [0.717, 1.165) is 22.4 Å². The van der Waals surface area contributed by atoms with Gasteiger partial charge in [0.2, 0.25) is 0 Å². The molecular weight excluding hydrogens is 395 g/mol. The summed E-state index contributed by atoms with van der Waals surface area (Å²) in [6.45, 7) is 3.02. The Morgan fingerprint density at radius 2 is 2.03 bits per heavy atom. The Kier molecular flexibility index (Phi) is 5.75. The highest BCUT2D eigenvalue weighted by molar-refractivity contribution is 5.96. The zero-order valence-electron chi connectivity index (χ0n) is 17.6. The average Bonchev–Trinajstić information content (AvgIpc) is 3.00. The van der Waals surface area contributed by atoms with Crippen LogP contribution in [0, 0.1) is 5.82 Å². The van der Waals surface area contributed by atoms with Gasteiger partial charge in [-0.1, -0.05) is 13.0 Å². The van der Waals surface area contributed by atoms with Crippen LogP contribution in [0.3, 0.4) is 0 Å². The summed E-state index contributed by atoms with van der Waals surface area (Å²) in [6, 6.07) is 12.9. The average molecular weight is 420 g/mol. The molecule has 0 fully saturated rings. The van der Waals surface area contributed by atoms with Crippen molar-refractivity contribution >= 4 is 17.4 Å². The number of amides is 1. The first kappa shape index (κ1) is 20.7. The van der Waals surface area contributed by atoms with Crippen molar-refractivity contribution in [1.29, 1.82) is 0 Å². The maximum atomic E-state index is 14.8. The standard InChI is InChI=1S/C24H25FN4O2/c1-3-18-19(5-6-20(27-2)23(18)25)24(30)29-10-11-31-21-7-4-15(12-17(21)14-29)16-8-9-28-22(26)13-16/h4-9,12-13,27H,3,10-11,14H2,1-2H3,(H2,26,28). The summed E-state index contributed by atoms with van der Waals surface area (Å²) < 4.78 is 20.7. The maximum absolute atomic E-state index is 14.8. The molecule has 0 radical (unpaired) electrons. The Balaban J connectivity index is 1.67. The predicted molar refractivity (Wildman–Crippen MR) is 120 cm³/mol. The lowest BCUT2D eigenvalue weighted by Gasteiger charge is -2.22. The highest BCUT2D eigenvalue weighted by Gasteiger charge is 2.25. The van der Waals surface area contributed by atoms with Crippen molar-refractivity contribution < 1.29 is 13.9 Å². The number of rotatable bonds is 4. The maximum Gasteiger partial charge on any atom is 0.254 e. The Morgan fingerprint density at radius 3 is 2.77 bits per heavy atom. The summed E-state index contributed by atoms with van der Waals surface area (Å²) in [7, 11) is 1.66. The summed E-state index contributed by atoms with van der Waals surface area (Å²) in [5.41, 5.74) is 9.81. The number of hydrogen-bond donors (Lipinski definition) is 2. The lowest BCUT2D eigenvalue weighted by molar-refractivity contribution is 0.0731. The van der Waals surface area contributed by atoms with E-state index in [-0.39, 0.29) is 11.7 Å². The van der Waals surface area contributed by atoms with E-state index < -0.39 is 0 Å². The summed E-state index contributed by atoms with van der Waals surface area (Å²) in [4.78, 5) is 19.1. The zero-order chi connectivity index (χ0) is 22.0. The molecule has 0 bridgehead atoms. The van der Waals surface area contributed by atoms with Gasteiger partial charge in [0.25, 0.3) is 5.91 Å². The molecule has 3 N–H and O–H groups in total. The van der Waals surface area contributed by atoms with E-state index in [4.69, 9.17) is 10.5 Å². The van der Waals surface area contributed by atoms with Gasteiger partial charge in [-0.15, -0.1) is 0 Å². The smallest absolute Gasteiger partial charge is 0.254 e. The molecule has 0 aliphatic carbocycles. The molecule has 31 heavy (non-hydrogen) atoms. The molecule has 7 heteroatoms. The van der Waals surface area contributed by atoms with Gasteiger partial charge in [-0.3, -0.25) is 4.79 Å². The van der Waals surface area contributed by atoms with E-state index in [2.05, 4.69) is 10.3 Å². The van der Waals surface area contributed by atoms with E-state index in [0.29, 0.717) is 48.7 Å². The van der Waals surface area contributed by atoms with Crippen LogP contribution in [0.25, 0.3) is 11.1 Å². The van der Waals surface area contributed by atoms with Gasteiger partial charge in [0, 0.05) is 36.5 Å². The van der Waals surface area contributed by atoms with Crippen molar-refractivity contribution in [3.05, 3.63) is 71.2 Å². The first-order valence-electron chi connectivity index (χ1n) is 10.3. The molecular formula is C24H25FN4O2. The number of fused-ring (bicyclic) bond motifs is 1. The fourth-order valence-electron chi connectivity index (χ4n) is 3.91. The molecule has 3 aromatic rings. The second-order valence-corrected chi connectivity index (χ2v) is 7.42. The van der Waals surface area contributed by atoms with E-state index >= 15 is 0 Å². The topological polar surface area (TPSA) is 80.5 Å². The second kappa shape index (κ2) is 8.63. The molecule has 1 amide bonds. The first-order valence-corrected chi connectivity index (χ1v) is 10.3. The first-order chi connectivity index (χ1) is 15.0. The SMILES string of the molecule is CCc1c(C(=O)N2CCOc3ccc(-c4ccnc(N)c4)cc3C2)ccc(NC)c1F. The van der Waals surface area contributed by atoms with Crippen LogP contribution in [0.15, 0.2) is 48.7 Å². The molecule has 4 rings (SSSR count). The number of carbonyl (C=O) groups excluding carboxylic acids is 1. The third-order valence-electron chi connectivity index (χ3n) is 5.54. The molecule has 6 nitrogen and oxygen atoms in total. The van der Waals surface area contributed by atoms with Crippen molar-refractivity contribution in [2.75, 3.05) is 31.2 Å². The Morgan fingerprint density at radius 1 is 1.23 bits per heavy atom. The van der Waals surface area contributed by atoms with Gasteiger partial charge < -0.3 is 20.7 Å². The molecule has 0 saturated heterocycles. The van der Waals surface area contributed by atoms with E-state index in [1.165, 1.54) is 0 Å². The molecule has 0 saturated carbocycles. The number of nitrogens with one attached hydrogen (secondary N) is 1. The highest BCUT2D eigenvalue weighted by Crippen LogP contribution is 2.31. The minimum absolute atomic E-state index is 0.201. The van der Waals surface area contributed by atoms with Crippen molar-refractivity contribution in [1.82, 2.24) is 9.88 Å². The van der Waals surface area contributed by atoms with Crippen LogP contribution in [0.5, 0.6) is 5.75 Å². The van der Waals surface area contributed by atoms with E-state index in [1.807, 2.05) is 37.3 Å². The van der Waals surface area contributed by atoms with Gasteiger partial charge in [0.1, 0.15) is 24.0 Å². The predicted octanol–water partition coefficient (Wildman–Crippen LogP) is 4.11. The number of pyridine rings is 1. The van der Waals surface area contributed by atoms with E-state index in [1.54, 1.807) is 30.3 Å². The number of nitrogen functional groups attached to an aromatic ring is 1. The number of anilines is 2. The number of benzene rings is 2. The molecule has 2 heterocycles. The van der Waals surface area contributed by atoms with Gasteiger partial charge in [0.15, 0.2) is 0 Å². The number of hydrogen-bond acceptors (Lipinski definition) is 5. The van der Waals surface area contributed by atoms with Crippen molar-refractivity contribution in [2.24, 2.45) is 0 Å². The molecule has 160 valence electrons. The second-order valence-electron chi connectivity index (χ2n) is 7.42. The fraction of sp³-hybridized carbons (Fsp3) is 0.250. The quantitative estimate of drug-likeness (QED) is 0.664. The Hall–Kier alpha value is -3.61. The number of carbonyl (C=O) groups is 1. The number of nitrogens with two attached hydrogens (primary N) is 1. The summed E-state index contributed by atoms with van der Waals surface area (Å²) in [5.74, 6) is 0.612. The van der Waals surface area contributed by atoms with Crippen LogP contribution >= 0.6 is 0 Å². The molecule has 1 aliphatic heterocycles. The number of aromatic nitrogens is 1. The minimum Gasteiger partial charge on any atom is -0.491 e. The van der Waals surface area contributed by atoms with Gasteiger partial charge >= 0.3 is 0 Å². The third-order valence-corrected chi connectivity index (χ3v) is 5.54. The van der Waals surface area contributed by atoms with Gasteiger partial charge in [0.05, 0.1) is 12.2 Å². The van der Waals surface area contributed by atoms with E-state index in [9.17, 15) is 9.18 Å². The molecule has 1 aliphatic rings. The monoisotopic (exact) mass is 420 g/mol. The normalized spacial score (nSPS) is 13.2. The summed E-state index contributed by atoms with van der Waals surface area (Å²) >= 11 is 0. The Bertz CT molecular complexity index is 1130. The van der Waals surface area contributed by atoms with Crippen LogP contribution in [-0.2, 0) is 13.0 Å². The van der Waals surface area contributed by atoms with Crippen LogP contribution in [0.4, 0.5) is 15.9 Å². The van der Waals surface area contributed by atoms with Crippen LogP contribution in [0.2, 0.25) is 0 Å². The number of ether oxygens (including phenoxy) is 1. The Labute approximate surface area is 180 Å². The highest BCUT2D eigenvalue weighted by atomic mass is 19.1. The van der Waals surface area contributed by atoms with Crippen LogP contribution < -0.4 is 15.8 Å². The molecule has 0 unspecified atom stereocenters. The van der Waals surface area contributed by atoms with Gasteiger partial charge in [-0.05, 0) is 53.9 Å². The molecule has 0 atom stereocenters. The lowest BCUT2D eigenvalue weighted by Crippen LogP contribution is -2.33. The number of halogens is 1. The molecule has 0 spiro atoms. The largest absolute Gasteiger partial charge is 0.491 e. The number of nitrogens with zero attached hydrogens (tertiary/aromatic N) is 2. The van der Waals surface area contributed by atoms with Crippen molar-refractivity contribution in [3.8, 4) is 16.9 Å². The van der Waals surface area contributed by atoms with Crippen LogP contribution in [0.1, 0.15) is 28.4 Å². The fourth-order valence-corrected chi connectivity index (χ4v) is 3.91. The van der Waals surface area contributed by atoms with Crippen LogP contribution in [-0.4, -0.2) is 36.0 Å². The zero-order valence-corrected chi connectivity index (χ0v) is 17.6.